The maximum Gasteiger partial charge on any atom is 0.434 e. The second-order valence-electron chi connectivity index (χ2n) is 3.61. The van der Waals surface area contributed by atoms with Crippen molar-refractivity contribution in [1.29, 1.82) is 0 Å². The van der Waals surface area contributed by atoms with E-state index in [0.29, 0.717) is 11.6 Å². The maximum atomic E-state index is 12.3. The normalized spacial score (nSPS) is 20.1. The van der Waals surface area contributed by atoms with E-state index in [0.717, 1.165) is 16.7 Å². The van der Waals surface area contributed by atoms with Gasteiger partial charge in [-0.05, 0) is 0 Å². The Morgan fingerprint density at radius 3 is 2.94 bits per heavy atom. The van der Waals surface area contributed by atoms with Crippen LogP contribution in [0.4, 0.5) is 13.2 Å². The molecule has 18 heavy (non-hydrogen) atoms. The molecule has 1 amide bonds. The van der Waals surface area contributed by atoms with Gasteiger partial charge in [-0.1, -0.05) is 0 Å². The lowest BCUT2D eigenvalue weighted by Gasteiger charge is -2.08. The van der Waals surface area contributed by atoms with Gasteiger partial charge in [-0.15, -0.1) is 23.1 Å². The molecule has 0 saturated carbocycles. The Morgan fingerprint density at radius 2 is 2.39 bits per heavy atom. The van der Waals surface area contributed by atoms with Gasteiger partial charge < -0.3 is 5.32 Å². The van der Waals surface area contributed by atoms with E-state index in [9.17, 15) is 18.0 Å². The van der Waals surface area contributed by atoms with E-state index in [2.05, 4.69) is 15.6 Å². The molecule has 0 aliphatic carbocycles. The van der Waals surface area contributed by atoms with Crippen LogP contribution in [0.25, 0.3) is 0 Å². The number of hydrogen-bond donors (Lipinski definition) is 2. The van der Waals surface area contributed by atoms with E-state index in [-0.39, 0.29) is 23.5 Å². The van der Waals surface area contributed by atoms with Crippen molar-refractivity contribution in [2.24, 2.45) is 0 Å². The number of nitrogens with zero attached hydrogens (tertiary/aromatic N) is 1. The lowest BCUT2D eigenvalue weighted by Crippen LogP contribution is -2.41. The third-order valence-electron chi connectivity index (χ3n) is 2.29. The first-order chi connectivity index (χ1) is 8.47. The minimum Gasteiger partial charge on any atom is -0.348 e. The molecule has 1 unspecified atom stereocenters. The Labute approximate surface area is 109 Å². The van der Waals surface area contributed by atoms with Gasteiger partial charge in [0, 0.05) is 17.0 Å². The van der Waals surface area contributed by atoms with Crippen LogP contribution in [0.1, 0.15) is 10.7 Å². The average Bonchev–Trinajstić information content (AvgIpc) is 2.96. The number of thioether (sulfide) groups is 1. The van der Waals surface area contributed by atoms with Crippen LogP contribution in [0.3, 0.4) is 0 Å². The Morgan fingerprint density at radius 1 is 1.61 bits per heavy atom. The number of aromatic nitrogens is 1. The van der Waals surface area contributed by atoms with Gasteiger partial charge in [0.2, 0.25) is 5.91 Å². The van der Waals surface area contributed by atoms with Crippen LogP contribution in [-0.4, -0.2) is 28.6 Å². The van der Waals surface area contributed by atoms with E-state index in [4.69, 9.17) is 0 Å². The summed E-state index contributed by atoms with van der Waals surface area (Å²) in [5, 5.41) is 6.75. The molecule has 2 N–H and O–H groups in total. The molecule has 100 valence electrons. The number of carbonyl (C=O) groups excluding carboxylic acids is 1. The van der Waals surface area contributed by atoms with Crippen molar-refractivity contribution >= 4 is 29.0 Å². The van der Waals surface area contributed by atoms with E-state index in [1.165, 1.54) is 0 Å². The highest BCUT2D eigenvalue weighted by atomic mass is 32.2. The predicted molar refractivity (Wildman–Crippen MR) is 63.2 cm³/mol. The topological polar surface area (TPSA) is 54.0 Å². The molecule has 1 saturated heterocycles. The quantitative estimate of drug-likeness (QED) is 0.886. The fraction of sp³-hybridized carbons (Fsp3) is 0.556. The fourth-order valence-electron chi connectivity index (χ4n) is 1.37. The number of rotatable bonds is 3. The molecule has 2 rings (SSSR count). The summed E-state index contributed by atoms with van der Waals surface area (Å²) in [6.45, 7) is 0.0302. The molecule has 1 aliphatic rings. The Balaban J connectivity index is 1.86. The number of thiazole rings is 1. The highest BCUT2D eigenvalue weighted by Gasteiger charge is 2.33. The smallest absolute Gasteiger partial charge is 0.348 e. The van der Waals surface area contributed by atoms with E-state index < -0.39 is 11.9 Å². The lowest BCUT2D eigenvalue weighted by atomic mass is 10.3. The summed E-state index contributed by atoms with van der Waals surface area (Å²) in [4.78, 5) is 15.0. The zero-order valence-corrected chi connectivity index (χ0v) is 10.7. The van der Waals surface area contributed by atoms with Crippen LogP contribution in [0.5, 0.6) is 0 Å². The molecule has 0 aromatic carbocycles. The Kier molecular flexibility index (Phi) is 4.13. The van der Waals surface area contributed by atoms with Crippen molar-refractivity contribution < 1.29 is 18.0 Å². The lowest BCUT2D eigenvalue weighted by molar-refractivity contribution is -0.140. The summed E-state index contributed by atoms with van der Waals surface area (Å²) >= 11 is 2.50. The van der Waals surface area contributed by atoms with Crippen molar-refractivity contribution in [3.8, 4) is 0 Å². The maximum absolute atomic E-state index is 12.3. The highest BCUT2D eigenvalue weighted by molar-refractivity contribution is 7.99. The fourth-order valence-corrected chi connectivity index (χ4v) is 3.05. The molecule has 0 bridgehead atoms. The predicted octanol–water partition coefficient (Wildman–Crippen LogP) is 1.44. The zero-order chi connectivity index (χ0) is 13.2. The van der Waals surface area contributed by atoms with Gasteiger partial charge in [0.1, 0.15) is 5.01 Å². The van der Waals surface area contributed by atoms with Gasteiger partial charge in [0.15, 0.2) is 5.69 Å². The molecule has 4 nitrogen and oxygen atoms in total. The van der Waals surface area contributed by atoms with Gasteiger partial charge in [0.25, 0.3) is 0 Å². The van der Waals surface area contributed by atoms with Crippen LogP contribution >= 0.6 is 23.1 Å². The molecular weight excluding hydrogens is 287 g/mol. The third-order valence-corrected chi connectivity index (χ3v) is 4.08. The van der Waals surface area contributed by atoms with Crippen molar-refractivity contribution in [2.45, 2.75) is 18.8 Å². The van der Waals surface area contributed by atoms with E-state index in [1.807, 2.05) is 0 Å². The first-order valence-electron chi connectivity index (χ1n) is 5.07. The Bertz CT molecular complexity index is 429. The summed E-state index contributed by atoms with van der Waals surface area (Å²) in [5.74, 6) is 1.19. The first-order valence-corrected chi connectivity index (χ1v) is 7.10. The van der Waals surface area contributed by atoms with Crippen LogP contribution in [0.2, 0.25) is 0 Å². The standard InChI is InChI=1S/C9H10F3N3OS2/c10-9(11,12)6-3-18-7(15-6)1-13-8(16)5-2-17-4-14-5/h3,5,14H,1-2,4H2,(H,13,16). The Hall–Kier alpha value is -0.800. The number of carbonyl (C=O) groups is 1. The number of alkyl halides is 3. The molecule has 0 spiro atoms. The average molecular weight is 297 g/mol. The van der Waals surface area contributed by atoms with Crippen LogP contribution in [0, 0.1) is 0 Å². The van der Waals surface area contributed by atoms with Gasteiger partial charge in [0.05, 0.1) is 12.6 Å². The second kappa shape index (κ2) is 5.45. The van der Waals surface area contributed by atoms with Crippen molar-refractivity contribution in [3.05, 3.63) is 16.1 Å². The number of halogens is 3. The minimum atomic E-state index is -4.43. The molecule has 2 heterocycles. The van der Waals surface area contributed by atoms with Crippen LogP contribution < -0.4 is 10.6 Å². The molecule has 9 heteroatoms. The number of amides is 1. The molecule has 1 fully saturated rings. The van der Waals surface area contributed by atoms with Crippen LogP contribution in [-0.2, 0) is 17.5 Å². The van der Waals surface area contributed by atoms with Gasteiger partial charge >= 0.3 is 6.18 Å². The van der Waals surface area contributed by atoms with Gasteiger partial charge in [-0.3, -0.25) is 10.1 Å². The van der Waals surface area contributed by atoms with E-state index >= 15 is 0 Å². The van der Waals surface area contributed by atoms with Crippen molar-refractivity contribution in [2.75, 3.05) is 11.6 Å². The van der Waals surface area contributed by atoms with Crippen LogP contribution in [0.15, 0.2) is 5.38 Å². The summed E-state index contributed by atoms with van der Waals surface area (Å²) in [5.41, 5.74) is -0.911. The zero-order valence-electron chi connectivity index (χ0n) is 9.08. The monoisotopic (exact) mass is 297 g/mol. The number of nitrogens with one attached hydrogen (secondary N) is 2. The summed E-state index contributed by atoms with van der Waals surface area (Å²) < 4.78 is 36.9. The molecule has 1 atom stereocenters. The molecule has 1 aliphatic heterocycles. The molecule has 1 aromatic rings. The summed E-state index contributed by atoms with van der Waals surface area (Å²) in [7, 11) is 0. The largest absolute Gasteiger partial charge is 0.434 e. The van der Waals surface area contributed by atoms with Crippen molar-refractivity contribution in [3.63, 3.8) is 0 Å². The summed E-state index contributed by atoms with van der Waals surface area (Å²) in [6, 6.07) is -0.267. The number of hydrogen-bond acceptors (Lipinski definition) is 5. The summed E-state index contributed by atoms with van der Waals surface area (Å²) in [6.07, 6.45) is -4.43. The highest BCUT2D eigenvalue weighted by Crippen LogP contribution is 2.29. The first kappa shape index (κ1) is 13.6. The molecule has 1 aromatic heterocycles. The third kappa shape index (κ3) is 3.36. The van der Waals surface area contributed by atoms with Gasteiger partial charge in [-0.2, -0.15) is 13.2 Å². The second-order valence-corrected chi connectivity index (χ2v) is 5.59. The molecule has 0 radical (unpaired) electrons. The SMILES string of the molecule is O=C(NCc1nc(C(F)(F)F)cs1)C1CSCN1. The van der Waals surface area contributed by atoms with Crippen molar-refractivity contribution in [1.82, 2.24) is 15.6 Å². The minimum absolute atomic E-state index is 0.0302. The molecular formula is C9H10F3N3OS2. The van der Waals surface area contributed by atoms with Gasteiger partial charge in [-0.25, -0.2) is 4.98 Å². The van der Waals surface area contributed by atoms with E-state index in [1.54, 1.807) is 11.8 Å².